The molecule has 30 heavy (non-hydrogen) atoms. The summed E-state index contributed by atoms with van der Waals surface area (Å²) < 4.78 is 5.49. The van der Waals surface area contributed by atoms with E-state index in [1.807, 2.05) is 72.8 Å². The summed E-state index contributed by atoms with van der Waals surface area (Å²) in [5, 5.41) is 20.4. The zero-order valence-electron chi connectivity index (χ0n) is 16.6. The molecule has 5 heteroatoms. The summed E-state index contributed by atoms with van der Waals surface area (Å²) in [6, 6.07) is 27.8. The number of carboxylic acid groups (broad SMARTS) is 1. The lowest BCUT2D eigenvalue weighted by Gasteiger charge is -2.18. The third-order valence-electron chi connectivity index (χ3n) is 4.64. The molecule has 0 saturated heterocycles. The fourth-order valence-electron chi connectivity index (χ4n) is 3.35. The van der Waals surface area contributed by atoms with Crippen LogP contribution in [0.15, 0.2) is 84.9 Å². The van der Waals surface area contributed by atoms with Crippen molar-refractivity contribution in [1.29, 1.82) is 0 Å². The lowest BCUT2D eigenvalue weighted by molar-refractivity contribution is 0.195. The van der Waals surface area contributed by atoms with Crippen LogP contribution in [0.2, 0.25) is 0 Å². The maximum Gasteiger partial charge on any atom is 0.404 e. The SMILES string of the molecule is O=C(O)NCCC(=C(c1ccccc1)c1ccc(OCCO)cc1)c1ccccc1. The Morgan fingerprint density at radius 1 is 0.800 bits per heavy atom. The second-order valence-electron chi connectivity index (χ2n) is 6.66. The van der Waals surface area contributed by atoms with Crippen LogP contribution in [0.3, 0.4) is 0 Å². The van der Waals surface area contributed by atoms with E-state index in [-0.39, 0.29) is 13.2 Å². The number of aliphatic hydroxyl groups is 1. The number of benzene rings is 3. The largest absolute Gasteiger partial charge is 0.491 e. The molecule has 0 radical (unpaired) electrons. The van der Waals surface area contributed by atoms with Crippen LogP contribution in [0.1, 0.15) is 23.1 Å². The monoisotopic (exact) mass is 403 g/mol. The summed E-state index contributed by atoms with van der Waals surface area (Å²) >= 11 is 0. The van der Waals surface area contributed by atoms with Crippen molar-refractivity contribution in [1.82, 2.24) is 5.32 Å². The molecule has 0 unspecified atom stereocenters. The van der Waals surface area contributed by atoms with Gasteiger partial charge in [0.05, 0.1) is 6.61 Å². The number of amides is 1. The van der Waals surface area contributed by atoms with E-state index in [4.69, 9.17) is 14.9 Å². The lowest BCUT2D eigenvalue weighted by atomic mass is 9.88. The van der Waals surface area contributed by atoms with Gasteiger partial charge in [0.2, 0.25) is 0 Å². The molecule has 0 bridgehead atoms. The predicted octanol–water partition coefficient (Wildman–Crippen LogP) is 4.67. The Morgan fingerprint density at radius 2 is 1.37 bits per heavy atom. The van der Waals surface area contributed by atoms with Gasteiger partial charge in [-0.15, -0.1) is 0 Å². The summed E-state index contributed by atoms with van der Waals surface area (Å²) in [7, 11) is 0. The molecular weight excluding hydrogens is 378 g/mol. The Hall–Kier alpha value is -3.57. The number of nitrogens with one attached hydrogen (secondary N) is 1. The number of hydrogen-bond donors (Lipinski definition) is 3. The molecular formula is C25H25NO4. The second-order valence-corrected chi connectivity index (χ2v) is 6.66. The van der Waals surface area contributed by atoms with Crippen molar-refractivity contribution in [2.45, 2.75) is 6.42 Å². The van der Waals surface area contributed by atoms with E-state index in [1.165, 1.54) is 0 Å². The Morgan fingerprint density at radius 3 is 1.93 bits per heavy atom. The predicted molar refractivity (Wildman–Crippen MR) is 118 cm³/mol. The van der Waals surface area contributed by atoms with E-state index >= 15 is 0 Å². The molecule has 3 aromatic rings. The fourth-order valence-corrected chi connectivity index (χ4v) is 3.35. The van der Waals surface area contributed by atoms with Crippen LogP contribution in [-0.4, -0.2) is 36.1 Å². The minimum absolute atomic E-state index is 0.0361. The molecule has 154 valence electrons. The van der Waals surface area contributed by atoms with Crippen molar-refractivity contribution in [2.24, 2.45) is 0 Å². The Balaban J connectivity index is 2.10. The highest BCUT2D eigenvalue weighted by Gasteiger charge is 2.14. The average Bonchev–Trinajstić information content (AvgIpc) is 2.79. The lowest BCUT2D eigenvalue weighted by Crippen LogP contribution is -2.22. The van der Waals surface area contributed by atoms with E-state index in [9.17, 15) is 4.79 Å². The van der Waals surface area contributed by atoms with Gasteiger partial charge in [-0.2, -0.15) is 0 Å². The van der Waals surface area contributed by atoms with E-state index in [0.29, 0.717) is 18.7 Å². The van der Waals surface area contributed by atoms with Gasteiger partial charge in [-0.25, -0.2) is 4.79 Å². The first-order chi connectivity index (χ1) is 14.7. The molecule has 0 aliphatic heterocycles. The molecule has 0 heterocycles. The van der Waals surface area contributed by atoms with Crippen LogP contribution in [-0.2, 0) is 0 Å². The Bertz CT molecular complexity index is 967. The molecule has 0 atom stereocenters. The number of aliphatic hydroxyl groups excluding tert-OH is 1. The van der Waals surface area contributed by atoms with Gasteiger partial charge in [0.15, 0.2) is 0 Å². The average molecular weight is 403 g/mol. The summed E-state index contributed by atoms with van der Waals surface area (Å²) in [5.41, 5.74) is 5.20. The first-order valence-corrected chi connectivity index (χ1v) is 9.84. The van der Waals surface area contributed by atoms with Crippen molar-refractivity contribution < 1.29 is 19.7 Å². The van der Waals surface area contributed by atoms with Gasteiger partial charge in [0, 0.05) is 6.54 Å². The third kappa shape index (κ3) is 5.72. The molecule has 3 N–H and O–H groups in total. The Labute approximate surface area is 176 Å². The first-order valence-electron chi connectivity index (χ1n) is 9.84. The van der Waals surface area contributed by atoms with Crippen LogP contribution in [0.5, 0.6) is 5.75 Å². The second kappa shape index (κ2) is 10.8. The van der Waals surface area contributed by atoms with Crippen LogP contribution in [0.4, 0.5) is 4.79 Å². The molecule has 0 saturated carbocycles. The minimum Gasteiger partial charge on any atom is -0.491 e. The van der Waals surface area contributed by atoms with Crippen molar-refractivity contribution in [2.75, 3.05) is 19.8 Å². The third-order valence-corrected chi connectivity index (χ3v) is 4.64. The summed E-state index contributed by atoms with van der Waals surface area (Å²) in [6.07, 6.45) is -0.488. The van der Waals surface area contributed by atoms with Gasteiger partial charge < -0.3 is 20.3 Å². The zero-order valence-corrected chi connectivity index (χ0v) is 16.6. The highest BCUT2D eigenvalue weighted by atomic mass is 16.5. The van der Waals surface area contributed by atoms with Crippen LogP contribution >= 0.6 is 0 Å². The number of carbonyl (C=O) groups is 1. The molecule has 1 amide bonds. The molecule has 3 rings (SSSR count). The van der Waals surface area contributed by atoms with Crippen molar-refractivity contribution in [3.8, 4) is 5.75 Å². The van der Waals surface area contributed by atoms with Gasteiger partial charge in [-0.05, 0) is 46.4 Å². The van der Waals surface area contributed by atoms with Gasteiger partial charge in [0.25, 0.3) is 0 Å². The van der Waals surface area contributed by atoms with Crippen LogP contribution in [0, 0.1) is 0 Å². The standard InChI is InChI=1S/C25H25NO4/c27-17-18-30-22-13-11-21(12-14-22)24(20-9-5-2-6-10-20)23(15-16-26-25(28)29)19-7-3-1-4-8-19/h1-14,26-27H,15-18H2,(H,28,29). The minimum atomic E-state index is -1.03. The smallest absolute Gasteiger partial charge is 0.404 e. The van der Waals surface area contributed by atoms with Gasteiger partial charge in [-0.1, -0.05) is 72.8 Å². The molecule has 0 fully saturated rings. The van der Waals surface area contributed by atoms with Gasteiger partial charge >= 0.3 is 6.09 Å². The summed E-state index contributed by atoms with van der Waals surface area (Å²) in [4.78, 5) is 11.0. The van der Waals surface area contributed by atoms with Crippen molar-refractivity contribution in [3.63, 3.8) is 0 Å². The maximum atomic E-state index is 11.0. The molecule has 5 nitrogen and oxygen atoms in total. The topological polar surface area (TPSA) is 78.8 Å². The van der Waals surface area contributed by atoms with E-state index < -0.39 is 6.09 Å². The molecule has 0 spiro atoms. The summed E-state index contributed by atoms with van der Waals surface area (Å²) in [5.74, 6) is 0.689. The van der Waals surface area contributed by atoms with E-state index in [0.717, 1.165) is 27.8 Å². The van der Waals surface area contributed by atoms with Crippen LogP contribution < -0.4 is 10.1 Å². The number of rotatable bonds is 9. The highest BCUT2D eigenvalue weighted by molar-refractivity contribution is 5.98. The van der Waals surface area contributed by atoms with E-state index in [1.54, 1.807) is 0 Å². The van der Waals surface area contributed by atoms with Crippen molar-refractivity contribution >= 4 is 17.2 Å². The fraction of sp³-hybridized carbons (Fsp3) is 0.160. The summed E-state index contributed by atoms with van der Waals surface area (Å²) in [6.45, 7) is 0.524. The molecule has 0 aliphatic carbocycles. The zero-order chi connectivity index (χ0) is 21.2. The van der Waals surface area contributed by atoms with Gasteiger partial charge in [-0.3, -0.25) is 0 Å². The molecule has 0 aromatic heterocycles. The number of ether oxygens (including phenoxy) is 1. The quantitative estimate of drug-likeness (QED) is 0.454. The first kappa shape index (κ1) is 21.1. The van der Waals surface area contributed by atoms with E-state index in [2.05, 4.69) is 17.4 Å². The molecule has 0 aliphatic rings. The highest BCUT2D eigenvalue weighted by Crippen LogP contribution is 2.34. The number of hydrogen-bond acceptors (Lipinski definition) is 3. The molecule has 3 aromatic carbocycles. The maximum absolute atomic E-state index is 11.0. The van der Waals surface area contributed by atoms with Gasteiger partial charge in [0.1, 0.15) is 12.4 Å². The van der Waals surface area contributed by atoms with Crippen molar-refractivity contribution in [3.05, 3.63) is 102 Å². The van der Waals surface area contributed by atoms with Crippen LogP contribution in [0.25, 0.3) is 11.1 Å². The Kier molecular flexibility index (Phi) is 7.64. The normalized spacial score (nSPS) is 11.5.